The van der Waals surface area contributed by atoms with Gasteiger partial charge in [-0.3, -0.25) is 9.69 Å². The van der Waals surface area contributed by atoms with Gasteiger partial charge in [0.1, 0.15) is 5.75 Å². The molecule has 0 unspecified atom stereocenters. The number of carbonyl (C=O) groups is 1. The van der Waals surface area contributed by atoms with Crippen LogP contribution in [-0.4, -0.2) is 38.1 Å². The molecule has 1 amide bonds. The van der Waals surface area contributed by atoms with Crippen molar-refractivity contribution < 1.29 is 9.53 Å². The minimum absolute atomic E-state index is 0.0452. The Bertz CT molecular complexity index is 792. The van der Waals surface area contributed by atoms with Crippen LogP contribution >= 0.6 is 23.2 Å². The van der Waals surface area contributed by atoms with Gasteiger partial charge < -0.3 is 9.64 Å². The summed E-state index contributed by atoms with van der Waals surface area (Å²) in [6.07, 6.45) is 1.87. The summed E-state index contributed by atoms with van der Waals surface area (Å²) in [6.45, 7) is 2.30. The Morgan fingerprint density at radius 3 is 2.63 bits per heavy atom. The first-order chi connectivity index (χ1) is 13.0. The van der Waals surface area contributed by atoms with Crippen molar-refractivity contribution in [3.63, 3.8) is 0 Å². The topological polar surface area (TPSA) is 32.8 Å². The fraction of sp³-hybridized carbons (Fsp3) is 0.381. The van der Waals surface area contributed by atoms with Crippen LogP contribution in [0, 0.1) is 5.92 Å². The van der Waals surface area contributed by atoms with E-state index < -0.39 is 0 Å². The van der Waals surface area contributed by atoms with Crippen molar-refractivity contribution >= 4 is 34.8 Å². The van der Waals surface area contributed by atoms with Gasteiger partial charge in [-0.2, -0.15) is 0 Å². The maximum absolute atomic E-state index is 13.0. The average Bonchev–Trinajstić information content (AvgIpc) is 2.70. The highest BCUT2D eigenvalue weighted by Gasteiger charge is 2.29. The summed E-state index contributed by atoms with van der Waals surface area (Å²) in [6, 6.07) is 13.1. The summed E-state index contributed by atoms with van der Waals surface area (Å²) in [5.74, 6) is 0.820. The second-order valence-corrected chi connectivity index (χ2v) is 7.69. The third-order valence-corrected chi connectivity index (χ3v) is 5.78. The monoisotopic (exact) mass is 406 g/mol. The lowest BCUT2D eigenvalue weighted by Gasteiger charge is -2.34. The van der Waals surface area contributed by atoms with Crippen molar-refractivity contribution in [3.8, 4) is 5.75 Å². The second kappa shape index (κ2) is 8.96. The number of benzene rings is 2. The molecule has 0 N–H and O–H groups in total. The van der Waals surface area contributed by atoms with E-state index in [1.54, 1.807) is 12.0 Å². The lowest BCUT2D eigenvalue weighted by atomic mass is 9.96. The molecule has 1 fully saturated rings. The molecule has 27 heavy (non-hydrogen) atoms. The molecule has 1 saturated heterocycles. The molecule has 1 aliphatic heterocycles. The van der Waals surface area contributed by atoms with Gasteiger partial charge in [0, 0.05) is 47.5 Å². The number of ether oxygens (including phenoxy) is 1. The minimum Gasteiger partial charge on any atom is -0.497 e. The number of piperidine rings is 1. The van der Waals surface area contributed by atoms with Gasteiger partial charge in [-0.1, -0.05) is 35.3 Å². The standard InChI is InChI=1S/C21H24Cl2N2O2/c1-24(16-7-3-8-17(12-16)27-2)21(26)15-6-5-11-25(13-15)14-18-19(22)9-4-10-20(18)23/h3-4,7-10,12,15H,5-6,11,13-14H2,1-2H3/t15-/m1/s1. The lowest BCUT2D eigenvalue weighted by molar-refractivity contribution is -0.123. The first-order valence-corrected chi connectivity index (χ1v) is 9.82. The van der Waals surface area contributed by atoms with Crippen LogP contribution in [-0.2, 0) is 11.3 Å². The first kappa shape index (κ1) is 20.0. The van der Waals surface area contributed by atoms with Crippen LogP contribution in [0.2, 0.25) is 10.0 Å². The molecule has 0 bridgehead atoms. The number of hydrogen-bond acceptors (Lipinski definition) is 3. The molecule has 6 heteroatoms. The minimum atomic E-state index is -0.0452. The highest BCUT2D eigenvalue weighted by atomic mass is 35.5. The van der Waals surface area contributed by atoms with E-state index >= 15 is 0 Å². The maximum Gasteiger partial charge on any atom is 0.231 e. The largest absolute Gasteiger partial charge is 0.497 e. The molecule has 0 spiro atoms. The molecule has 144 valence electrons. The van der Waals surface area contributed by atoms with Crippen molar-refractivity contribution in [2.45, 2.75) is 19.4 Å². The summed E-state index contributed by atoms with van der Waals surface area (Å²) in [5.41, 5.74) is 1.76. The van der Waals surface area contributed by atoms with E-state index in [0.717, 1.165) is 36.4 Å². The van der Waals surface area contributed by atoms with Crippen molar-refractivity contribution in [1.29, 1.82) is 0 Å². The van der Waals surface area contributed by atoms with Crippen LogP contribution in [0.15, 0.2) is 42.5 Å². The lowest BCUT2D eigenvalue weighted by Crippen LogP contribution is -2.43. The molecule has 0 aliphatic carbocycles. The highest BCUT2D eigenvalue weighted by molar-refractivity contribution is 6.35. The molecule has 4 nitrogen and oxygen atoms in total. The van der Waals surface area contributed by atoms with Gasteiger partial charge in [-0.05, 0) is 43.7 Å². The number of amides is 1. The number of carbonyl (C=O) groups excluding carboxylic acids is 1. The fourth-order valence-electron chi connectivity index (χ4n) is 3.53. The number of rotatable bonds is 5. The van der Waals surface area contributed by atoms with Crippen molar-refractivity contribution in [3.05, 3.63) is 58.1 Å². The Labute approximate surface area is 170 Å². The number of halogens is 2. The Hall–Kier alpha value is -1.75. The normalized spacial score (nSPS) is 17.6. The molecule has 2 aromatic carbocycles. The summed E-state index contributed by atoms with van der Waals surface area (Å²) < 4.78 is 5.26. The van der Waals surface area contributed by atoms with Gasteiger partial charge in [-0.25, -0.2) is 0 Å². The van der Waals surface area contributed by atoms with Gasteiger partial charge in [0.05, 0.1) is 13.0 Å². The van der Waals surface area contributed by atoms with Crippen LogP contribution in [0.1, 0.15) is 18.4 Å². The van der Waals surface area contributed by atoms with Gasteiger partial charge in [0.15, 0.2) is 0 Å². The van der Waals surface area contributed by atoms with Crippen molar-refractivity contribution in [1.82, 2.24) is 4.90 Å². The molecule has 1 aliphatic rings. The number of hydrogen-bond donors (Lipinski definition) is 0. The van der Waals surface area contributed by atoms with Crippen LogP contribution in [0.3, 0.4) is 0 Å². The van der Waals surface area contributed by atoms with Crippen LogP contribution in [0.4, 0.5) is 5.69 Å². The average molecular weight is 407 g/mol. The number of likely N-dealkylation sites (tertiary alicyclic amines) is 1. The SMILES string of the molecule is COc1cccc(N(C)C(=O)[C@@H]2CCCN(Cc3c(Cl)cccc3Cl)C2)c1. The maximum atomic E-state index is 13.0. The Morgan fingerprint density at radius 1 is 1.22 bits per heavy atom. The summed E-state index contributed by atoms with van der Waals surface area (Å²) in [4.78, 5) is 17.0. The van der Waals surface area contributed by atoms with Crippen LogP contribution in [0.5, 0.6) is 5.75 Å². The zero-order valence-corrected chi connectivity index (χ0v) is 17.1. The first-order valence-electron chi connectivity index (χ1n) is 9.06. The van der Waals surface area contributed by atoms with E-state index in [0.29, 0.717) is 23.1 Å². The van der Waals surface area contributed by atoms with E-state index in [-0.39, 0.29) is 11.8 Å². The highest BCUT2D eigenvalue weighted by Crippen LogP contribution is 2.29. The Balaban J connectivity index is 1.69. The van der Waals surface area contributed by atoms with Gasteiger partial charge in [0.2, 0.25) is 5.91 Å². The number of nitrogens with zero attached hydrogens (tertiary/aromatic N) is 2. The molecule has 2 aromatic rings. The molecule has 3 rings (SSSR count). The number of anilines is 1. The van der Waals surface area contributed by atoms with Gasteiger partial charge >= 0.3 is 0 Å². The van der Waals surface area contributed by atoms with E-state index in [2.05, 4.69) is 4.90 Å². The van der Waals surface area contributed by atoms with Gasteiger partial charge in [-0.15, -0.1) is 0 Å². The quantitative estimate of drug-likeness (QED) is 0.709. The predicted molar refractivity (Wildman–Crippen MR) is 111 cm³/mol. The van der Waals surface area contributed by atoms with E-state index in [1.807, 2.05) is 49.5 Å². The van der Waals surface area contributed by atoms with E-state index in [9.17, 15) is 4.79 Å². The van der Waals surface area contributed by atoms with Crippen molar-refractivity contribution in [2.24, 2.45) is 5.92 Å². The van der Waals surface area contributed by atoms with Crippen LogP contribution in [0.25, 0.3) is 0 Å². The zero-order valence-electron chi connectivity index (χ0n) is 15.6. The molecule has 1 atom stereocenters. The van der Waals surface area contributed by atoms with Gasteiger partial charge in [0.25, 0.3) is 0 Å². The Morgan fingerprint density at radius 2 is 1.93 bits per heavy atom. The zero-order chi connectivity index (χ0) is 19.4. The van der Waals surface area contributed by atoms with E-state index in [1.165, 1.54) is 0 Å². The third kappa shape index (κ3) is 4.75. The summed E-state index contributed by atoms with van der Waals surface area (Å²) in [7, 11) is 3.45. The summed E-state index contributed by atoms with van der Waals surface area (Å²) in [5, 5.41) is 1.34. The molecule has 1 heterocycles. The summed E-state index contributed by atoms with van der Waals surface area (Å²) >= 11 is 12.6. The van der Waals surface area contributed by atoms with Crippen LogP contribution < -0.4 is 9.64 Å². The Kier molecular flexibility index (Phi) is 6.64. The van der Waals surface area contributed by atoms with Crippen molar-refractivity contribution in [2.75, 3.05) is 32.1 Å². The molecule has 0 aromatic heterocycles. The van der Waals surface area contributed by atoms with E-state index in [4.69, 9.17) is 27.9 Å². The number of methoxy groups -OCH3 is 1. The molecular weight excluding hydrogens is 383 g/mol. The third-order valence-electron chi connectivity index (χ3n) is 5.07. The molecular formula is C21H24Cl2N2O2. The molecule has 0 saturated carbocycles. The smallest absolute Gasteiger partial charge is 0.231 e. The predicted octanol–water partition coefficient (Wildman–Crippen LogP) is 4.88. The second-order valence-electron chi connectivity index (χ2n) is 6.87. The fourth-order valence-corrected chi connectivity index (χ4v) is 4.04. The molecule has 0 radical (unpaired) electrons.